The summed E-state index contributed by atoms with van der Waals surface area (Å²) in [5.41, 5.74) is 5.27. The molecule has 4 nitrogen and oxygen atoms in total. The van der Waals surface area contributed by atoms with Crippen molar-refractivity contribution >= 4 is 5.91 Å². The molecule has 1 saturated heterocycles. The van der Waals surface area contributed by atoms with Crippen LogP contribution in [0.4, 0.5) is 0 Å². The van der Waals surface area contributed by atoms with Crippen molar-refractivity contribution in [3.8, 4) is 0 Å². The number of amides is 1. The van der Waals surface area contributed by atoms with Gasteiger partial charge >= 0.3 is 0 Å². The summed E-state index contributed by atoms with van der Waals surface area (Å²) < 4.78 is 0. The molecule has 0 saturated carbocycles. The fraction of sp³-hybridized carbons (Fsp3) is 0.923. The summed E-state index contributed by atoms with van der Waals surface area (Å²) in [4.78, 5) is 16.4. The molecule has 4 heteroatoms. The van der Waals surface area contributed by atoms with E-state index in [1.807, 2.05) is 4.90 Å². The lowest BCUT2D eigenvalue weighted by Crippen LogP contribution is -2.62. The number of nitrogens with zero attached hydrogens (tertiary/aromatic N) is 2. The van der Waals surface area contributed by atoms with Gasteiger partial charge in [0.25, 0.3) is 0 Å². The summed E-state index contributed by atoms with van der Waals surface area (Å²) in [6.45, 7) is 14.8. The van der Waals surface area contributed by atoms with Crippen LogP contribution in [0.15, 0.2) is 0 Å². The number of hydrogen-bond donors (Lipinski definition) is 1. The van der Waals surface area contributed by atoms with Crippen molar-refractivity contribution in [2.24, 2.45) is 5.73 Å². The fourth-order valence-electron chi connectivity index (χ4n) is 2.55. The lowest BCUT2D eigenvalue weighted by molar-refractivity contribution is -0.140. The van der Waals surface area contributed by atoms with E-state index in [0.717, 1.165) is 19.6 Å². The maximum absolute atomic E-state index is 12.1. The van der Waals surface area contributed by atoms with Gasteiger partial charge in [0, 0.05) is 31.2 Å². The van der Waals surface area contributed by atoms with Crippen molar-refractivity contribution in [1.29, 1.82) is 0 Å². The summed E-state index contributed by atoms with van der Waals surface area (Å²) >= 11 is 0. The Balaban J connectivity index is 2.68. The molecular formula is C13H27N3O. The quantitative estimate of drug-likeness (QED) is 0.746. The lowest BCUT2D eigenvalue weighted by atomic mass is 9.99. The van der Waals surface area contributed by atoms with Crippen LogP contribution in [0.5, 0.6) is 0 Å². The standard InChI is InChI=1S/C13H27N3O/c1-10-9-15(11(17)13(5,6)14)7-8-16(10)12(2,3)4/h10H,7-9,14H2,1-6H3. The van der Waals surface area contributed by atoms with Gasteiger partial charge in [0.2, 0.25) is 5.91 Å². The van der Waals surface area contributed by atoms with E-state index in [1.54, 1.807) is 13.8 Å². The zero-order chi connectivity index (χ0) is 13.4. The SMILES string of the molecule is CC1CN(C(=O)C(C)(C)N)CCN1C(C)(C)C. The van der Waals surface area contributed by atoms with Crippen LogP contribution in [0, 0.1) is 0 Å². The molecule has 0 radical (unpaired) electrons. The highest BCUT2D eigenvalue weighted by Crippen LogP contribution is 2.21. The molecule has 0 aromatic rings. The Labute approximate surface area is 105 Å². The zero-order valence-electron chi connectivity index (χ0n) is 12.1. The summed E-state index contributed by atoms with van der Waals surface area (Å²) in [5.74, 6) is 0.0536. The summed E-state index contributed by atoms with van der Waals surface area (Å²) in [5, 5.41) is 0. The van der Waals surface area contributed by atoms with E-state index in [4.69, 9.17) is 5.73 Å². The molecule has 1 unspecified atom stereocenters. The molecule has 1 fully saturated rings. The summed E-state index contributed by atoms with van der Waals surface area (Å²) in [6, 6.07) is 0.384. The smallest absolute Gasteiger partial charge is 0.242 e. The first-order valence-electron chi connectivity index (χ1n) is 6.38. The molecule has 1 amide bonds. The Morgan fingerprint density at radius 3 is 2.06 bits per heavy atom. The minimum atomic E-state index is -0.760. The number of carbonyl (C=O) groups is 1. The van der Waals surface area contributed by atoms with Crippen LogP contribution in [-0.4, -0.2) is 52.5 Å². The third-order valence-electron chi connectivity index (χ3n) is 3.33. The summed E-state index contributed by atoms with van der Waals surface area (Å²) in [7, 11) is 0. The first-order chi connectivity index (χ1) is 7.53. The van der Waals surface area contributed by atoms with E-state index in [2.05, 4.69) is 32.6 Å². The molecule has 0 aromatic carbocycles. The molecule has 17 heavy (non-hydrogen) atoms. The van der Waals surface area contributed by atoms with E-state index >= 15 is 0 Å². The minimum absolute atomic E-state index is 0.0536. The second-order valence-corrected chi connectivity index (χ2v) is 6.69. The predicted molar refractivity (Wildman–Crippen MR) is 70.8 cm³/mol. The number of piperazine rings is 1. The lowest BCUT2D eigenvalue weighted by Gasteiger charge is -2.47. The Hall–Kier alpha value is -0.610. The van der Waals surface area contributed by atoms with Crippen molar-refractivity contribution in [3.63, 3.8) is 0 Å². The van der Waals surface area contributed by atoms with Gasteiger partial charge in [-0.1, -0.05) is 0 Å². The molecule has 0 spiro atoms. The first kappa shape index (κ1) is 14.5. The average Bonchev–Trinajstić information content (AvgIpc) is 2.12. The van der Waals surface area contributed by atoms with E-state index < -0.39 is 5.54 Å². The van der Waals surface area contributed by atoms with E-state index in [1.165, 1.54) is 0 Å². The fourth-order valence-corrected chi connectivity index (χ4v) is 2.55. The van der Waals surface area contributed by atoms with Crippen LogP contribution >= 0.6 is 0 Å². The number of nitrogens with two attached hydrogens (primary N) is 1. The molecule has 1 rings (SSSR count). The van der Waals surface area contributed by atoms with Gasteiger partial charge in [-0.3, -0.25) is 9.69 Å². The highest BCUT2D eigenvalue weighted by molar-refractivity contribution is 5.85. The van der Waals surface area contributed by atoms with E-state index in [9.17, 15) is 4.79 Å². The monoisotopic (exact) mass is 241 g/mol. The average molecular weight is 241 g/mol. The minimum Gasteiger partial charge on any atom is -0.338 e. The second kappa shape index (κ2) is 4.58. The molecule has 0 aromatic heterocycles. The topological polar surface area (TPSA) is 49.6 Å². The maximum atomic E-state index is 12.1. The molecule has 2 N–H and O–H groups in total. The Kier molecular flexibility index (Phi) is 3.89. The number of rotatable bonds is 1. The van der Waals surface area contributed by atoms with Gasteiger partial charge in [-0.25, -0.2) is 0 Å². The van der Waals surface area contributed by atoms with Gasteiger partial charge in [-0.05, 0) is 41.5 Å². The first-order valence-corrected chi connectivity index (χ1v) is 6.38. The van der Waals surface area contributed by atoms with Gasteiger partial charge in [0.1, 0.15) is 0 Å². The highest BCUT2D eigenvalue weighted by Gasteiger charge is 2.36. The predicted octanol–water partition coefficient (Wildman–Crippen LogP) is 1.05. The van der Waals surface area contributed by atoms with Crippen LogP contribution in [0.3, 0.4) is 0 Å². The third-order valence-corrected chi connectivity index (χ3v) is 3.33. The normalized spacial score (nSPS) is 23.9. The number of carbonyl (C=O) groups excluding carboxylic acids is 1. The van der Waals surface area contributed by atoms with Gasteiger partial charge in [0.05, 0.1) is 5.54 Å². The van der Waals surface area contributed by atoms with Gasteiger partial charge in [-0.2, -0.15) is 0 Å². The molecular weight excluding hydrogens is 214 g/mol. The molecule has 1 aliphatic rings. The van der Waals surface area contributed by atoms with Gasteiger partial charge in [-0.15, -0.1) is 0 Å². The molecule has 0 aliphatic carbocycles. The largest absolute Gasteiger partial charge is 0.338 e. The van der Waals surface area contributed by atoms with E-state index in [-0.39, 0.29) is 11.4 Å². The van der Waals surface area contributed by atoms with Gasteiger partial charge < -0.3 is 10.6 Å². The Morgan fingerprint density at radius 1 is 1.18 bits per heavy atom. The Morgan fingerprint density at radius 2 is 1.71 bits per heavy atom. The van der Waals surface area contributed by atoms with Crippen LogP contribution in [0.1, 0.15) is 41.5 Å². The highest BCUT2D eigenvalue weighted by atomic mass is 16.2. The molecule has 0 bridgehead atoms. The second-order valence-electron chi connectivity index (χ2n) is 6.69. The van der Waals surface area contributed by atoms with Crippen molar-refractivity contribution < 1.29 is 4.79 Å². The van der Waals surface area contributed by atoms with E-state index in [0.29, 0.717) is 6.04 Å². The maximum Gasteiger partial charge on any atom is 0.242 e. The molecule has 1 heterocycles. The van der Waals surface area contributed by atoms with Gasteiger partial charge in [0.15, 0.2) is 0 Å². The summed E-state index contributed by atoms with van der Waals surface area (Å²) in [6.07, 6.45) is 0. The number of hydrogen-bond acceptors (Lipinski definition) is 3. The van der Waals surface area contributed by atoms with Crippen molar-refractivity contribution in [1.82, 2.24) is 9.80 Å². The molecule has 1 atom stereocenters. The molecule has 100 valence electrons. The van der Waals surface area contributed by atoms with Crippen molar-refractivity contribution in [2.45, 2.75) is 58.7 Å². The molecule has 1 aliphatic heterocycles. The Bertz CT molecular complexity index is 288. The van der Waals surface area contributed by atoms with Crippen molar-refractivity contribution in [3.05, 3.63) is 0 Å². The van der Waals surface area contributed by atoms with Crippen LogP contribution < -0.4 is 5.73 Å². The van der Waals surface area contributed by atoms with Crippen LogP contribution in [0.25, 0.3) is 0 Å². The van der Waals surface area contributed by atoms with Crippen LogP contribution in [0.2, 0.25) is 0 Å². The third kappa shape index (κ3) is 3.42. The van der Waals surface area contributed by atoms with Crippen molar-refractivity contribution in [2.75, 3.05) is 19.6 Å². The zero-order valence-corrected chi connectivity index (χ0v) is 12.1. The van der Waals surface area contributed by atoms with Crippen LogP contribution in [-0.2, 0) is 4.79 Å².